The summed E-state index contributed by atoms with van der Waals surface area (Å²) in [5.41, 5.74) is 2.99. The van der Waals surface area contributed by atoms with Crippen LogP contribution in [-0.4, -0.2) is 35.4 Å². The first-order valence-electron chi connectivity index (χ1n) is 14.4. The Morgan fingerprint density at radius 2 is 1.68 bits per heavy atom. The molecule has 3 aromatic rings. The molecule has 0 heterocycles. The lowest BCUT2D eigenvalue weighted by atomic mass is 9.87. The van der Waals surface area contributed by atoms with Crippen LogP contribution in [0.3, 0.4) is 0 Å². The van der Waals surface area contributed by atoms with E-state index in [1.54, 1.807) is 11.0 Å². The van der Waals surface area contributed by atoms with Gasteiger partial charge < -0.3 is 15.0 Å². The predicted octanol–water partition coefficient (Wildman–Crippen LogP) is 7.87. The fraction of sp³-hybridized carbons (Fsp3) is 0.412. The Morgan fingerprint density at radius 1 is 0.976 bits per heavy atom. The molecule has 1 aliphatic rings. The van der Waals surface area contributed by atoms with Crippen LogP contribution in [0.25, 0.3) is 0 Å². The van der Waals surface area contributed by atoms with E-state index < -0.39 is 6.04 Å². The van der Waals surface area contributed by atoms with E-state index in [1.165, 1.54) is 6.42 Å². The zero-order chi connectivity index (χ0) is 29.4. The van der Waals surface area contributed by atoms with Crippen molar-refractivity contribution in [2.45, 2.75) is 83.3 Å². The van der Waals surface area contributed by atoms with Crippen molar-refractivity contribution in [1.29, 1.82) is 0 Å². The van der Waals surface area contributed by atoms with E-state index in [1.807, 2.05) is 66.7 Å². The van der Waals surface area contributed by atoms with Gasteiger partial charge in [-0.1, -0.05) is 100 Å². The number of hydrogen-bond acceptors (Lipinski definition) is 3. The highest BCUT2D eigenvalue weighted by molar-refractivity contribution is 9.10. The molecule has 1 N–H and O–H groups in total. The van der Waals surface area contributed by atoms with E-state index in [0.29, 0.717) is 17.2 Å². The molecule has 1 fully saturated rings. The number of carbonyl (C=O) groups is 2. The highest BCUT2D eigenvalue weighted by Gasteiger charge is 2.32. The van der Waals surface area contributed by atoms with Crippen molar-refractivity contribution in [2.75, 3.05) is 6.61 Å². The molecule has 0 bridgehead atoms. The van der Waals surface area contributed by atoms with E-state index in [9.17, 15) is 9.59 Å². The zero-order valence-corrected chi connectivity index (χ0v) is 26.5. The topological polar surface area (TPSA) is 58.6 Å². The summed E-state index contributed by atoms with van der Waals surface area (Å²) >= 11 is 9.91. The van der Waals surface area contributed by atoms with Crippen LogP contribution in [0, 0.1) is 0 Å². The van der Waals surface area contributed by atoms with Gasteiger partial charge in [-0.05, 0) is 75.1 Å². The summed E-state index contributed by atoms with van der Waals surface area (Å²) in [6.07, 6.45) is 5.74. The Hall–Kier alpha value is -2.83. The number of halogens is 2. The van der Waals surface area contributed by atoms with Gasteiger partial charge in [-0.2, -0.15) is 0 Å². The Bertz CT molecular complexity index is 1320. The molecule has 1 saturated carbocycles. The third-order valence-corrected chi connectivity index (χ3v) is 8.47. The fourth-order valence-corrected chi connectivity index (χ4v) is 5.94. The lowest BCUT2D eigenvalue weighted by Crippen LogP contribution is -2.53. The van der Waals surface area contributed by atoms with Gasteiger partial charge in [0.1, 0.15) is 11.8 Å². The molecule has 0 radical (unpaired) electrons. The van der Waals surface area contributed by atoms with Crippen LogP contribution in [0.5, 0.6) is 5.75 Å². The van der Waals surface area contributed by atoms with Crippen molar-refractivity contribution >= 4 is 39.3 Å². The molecule has 5 nitrogen and oxygen atoms in total. The number of hydrogen-bond donors (Lipinski definition) is 1. The number of carbonyl (C=O) groups excluding carboxylic acids is 2. The van der Waals surface area contributed by atoms with Crippen LogP contribution in [-0.2, 0) is 28.0 Å². The van der Waals surface area contributed by atoms with Crippen LogP contribution in [0.1, 0.15) is 69.6 Å². The Labute approximate surface area is 257 Å². The van der Waals surface area contributed by atoms with Crippen molar-refractivity contribution in [3.8, 4) is 5.75 Å². The molecular weight excluding hydrogens is 600 g/mol. The van der Waals surface area contributed by atoms with E-state index in [0.717, 1.165) is 46.8 Å². The summed E-state index contributed by atoms with van der Waals surface area (Å²) in [4.78, 5) is 29.5. The van der Waals surface area contributed by atoms with Gasteiger partial charge in [0.05, 0.1) is 4.47 Å². The van der Waals surface area contributed by atoms with Crippen LogP contribution in [0.4, 0.5) is 0 Å². The summed E-state index contributed by atoms with van der Waals surface area (Å²) in [6.45, 7) is 6.49. The number of ether oxygens (including phenoxy) is 1. The first kappa shape index (κ1) is 31.1. The van der Waals surface area contributed by atoms with Crippen LogP contribution < -0.4 is 10.1 Å². The SMILES string of the molecule is CC(C)(C)c1ccc(OCC(=O)N(Cc2cccc(Cl)c2)[C@H](Cc2ccccc2)C(=O)NC2CCCCC2)c(Br)c1. The standard InChI is InChI=1S/C34H40BrClN2O3/c1-34(2,3)26-17-18-31(29(35)21-26)41-23-32(39)38(22-25-13-10-14-27(36)19-25)30(20-24-11-6-4-7-12-24)33(40)37-28-15-8-5-9-16-28/h4,6-7,10-14,17-19,21,28,30H,5,8-9,15-16,20,22-23H2,1-3H3,(H,37,40)/t30-/m1/s1. The van der Waals surface area contributed by atoms with Crippen LogP contribution in [0.15, 0.2) is 77.3 Å². The minimum Gasteiger partial charge on any atom is -0.483 e. The second-order valence-corrected chi connectivity index (χ2v) is 13.2. The lowest BCUT2D eigenvalue weighted by molar-refractivity contribution is -0.143. The van der Waals surface area contributed by atoms with E-state index in [4.69, 9.17) is 16.3 Å². The Balaban J connectivity index is 1.61. The van der Waals surface area contributed by atoms with Crippen molar-refractivity contribution < 1.29 is 14.3 Å². The van der Waals surface area contributed by atoms with Crippen molar-refractivity contribution in [1.82, 2.24) is 10.2 Å². The molecule has 7 heteroatoms. The molecule has 4 rings (SSSR count). The molecule has 0 unspecified atom stereocenters. The molecule has 0 aliphatic heterocycles. The molecular formula is C34H40BrClN2O3. The molecule has 0 spiro atoms. The average molecular weight is 640 g/mol. The number of rotatable bonds is 10. The molecule has 1 aliphatic carbocycles. The molecule has 1 atom stereocenters. The van der Waals surface area contributed by atoms with E-state index in [2.05, 4.69) is 42.0 Å². The smallest absolute Gasteiger partial charge is 0.261 e. The summed E-state index contributed by atoms with van der Waals surface area (Å²) < 4.78 is 6.83. The maximum Gasteiger partial charge on any atom is 0.261 e. The molecule has 218 valence electrons. The average Bonchev–Trinajstić information content (AvgIpc) is 2.94. The summed E-state index contributed by atoms with van der Waals surface area (Å²) in [7, 11) is 0. The number of benzene rings is 3. The van der Waals surface area contributed by atoms with E-state index in [-0.39, 0.29) is 36.4 Å². The normalized spacial score (nSPS) is 14.8. The molecule has 0 aromatic heterocycles. The van der Waals surface area contributed by atoms with Gasteiger partial charge in [0.15, 0.2) is 6.61 Å². The third-order valence-electron chi connectivity index (χ3n) is 7.61. The van der Waals surface area contributed by atoms with Gasteiger partial charge in [0, 0.05) is 24.0 Å². The lowest BCUT2D eigenvalue weighted by Gasteiger charge is -2.33. The summed E-state index contributed by atoms with van der Waals surface area (Å²) in [5, 5.41) is 3.85. The van der Waals surface area contributed by atoms with Crippen molar-refractivity contribution in [3.05, 3.63) is 99.0 Å². The minimum absolute atomic E-state index is 0.0129. The first-order valence-corrected chi connectivity index (χ1v) is 15.6. The number of nitrogens with zero attached hydrogens (tertiary/aromatic N) is 1. The molecule has 3 aromatic carbocycles. The zero-order valence-electron chi connectivity index (χ0n) is 24.2. The second-order valence-electron chi connectivity index (χ2n) is 11.9. The Kier molecular flexibility index (Phi) is 10.9. The van der Waals surface area contributed by atoms with Gasteiger partial charge in [0.2, 0.25) is 5.91 Å². The highest BCUT2D eigenvalue weighted by atomic mass is 79.9. The molecule has 41 heavy (non-hydrogen) atoms. The van der Waals surface area contributed by atoms with Crippen LogP contribution >= 0.6 is 27.5 Å². The van der Waals surface area contributed by atoms with Crippen molar-refractivity contribution in [2.24, 2.45) is 0 Å². The fourth-order valence-electron chi connectivity index (χ4n) is 5.24. The van der Waals surface area contributed by atoms with E-state index >= 15 is 0 Å². The summed E-state index contributed by atoms with van der Waals surface area (Å²) in [5.74, 6) is 0.184. The van der Waals surface area contributed by atoms with Gasteiger partial charge in [0.25, 0.3) is 5.91 Å². The summed E-state index contributed by atoms with van der Waals surface area (Å²) in [6, 6.07) is 22.6. The monoisotopic (exact) mass is 638 g/mol. The third kappa shape index (κ3) is 9.08. The van der Waals surface area contributed by atoms with Gasteiger partial charge in [-0.25, -0.2) is 0 Å². The quantitative estimate of drug-likeness (QED) is 0.246. The van der Waals surface area contributed by atoms with Crippen LogP contribution in [0.2, 0.25) is 5.02 Å². The first-order chi connectivity index (χ1) is 19.6. The number of nitrogens with one attached hydrogen (secondary N) is 1. The van der Waals surface area contributed by atoms with Crippen molar-refractivity contribution in [3.63, 3.8) is 0 Å². The highest BCUT2D eigenvalue weighted by Crippen LogP contribution is 2.31. The van der Waals surface area contributed by atoms with Gasteiger partial charge >= 0.3 is 0 Å². The predicted molar refractivity (Wildman–Crippen MR) is 169 cm³/mol. The molecule has 0 saturated heterocycles. The number of amides is 2. The maximum absolute atomic E-state index is 13.9. The largest absolute Gasteiger partial charge is 0.483 e. The molecule has 2 amide bonds. The Morgan fingerprint density at radius 3 is 2.34 bits per heavy atom. The maximum atomic E-state index is 13.9. The minimum atomic E-state index is -0.707. The van der Waals surface area contributed by atoms with Gasteiger partial charge in [-0.15, -0.1) is 0 Å². The second kappa shape index (κ2) is 14.4. The van der Waals surface area contributed by atoms with Gasteiger partial charge in [-0.3, -0.25) is 9.59 Å².